The SMILES string of the molecule is O=C(O)CCCN1C(=O)C(=Cc2ccc(Br)c(F)c2)SC1=S. The number of carbonyl (C=O) groups is 2. The molecule has 1 amide bonds. The van der Waals surface area contributed by atoms with Crippen LogP contribution in [0.3, 0.4) is 0 Å². The molecule has 1 fully saturated rings. The van der Waals surface area contributed by atoms with Crippen LogP contribution in [0.1, 0.15) is 18.4 Å². The summed E-state index contributed by atoms with van der Waals surface area (Å²) in [5, 5.41) is 8.62. The number of aliphatic carboxylic acids is 1. The quantitative estimate of drug-likeness (QED) is 0.600. The maximum Gasteiger partial charge on any atom is 0.303 e. The first-order valence-electron chi connectivity index (χ1n) is 6.30. The minimum absolute atomic E-state index is 0.0198. The molecule has 1 aliphatic heterocycles. The average molecular weight is 404 g/mol. The number of hydrogen-bond donors (Lipinski definition) is 1. The van der Waals surface area contributed by atoms with Crippen molar-refractivity contribution < 1.29 is 19.1 Å². The summed E-state index contributed by atoms with van der Waals surface area (Å²) in [7, 11) is 0. The van der Waals surface area contributed by atoms with Crippen molar-refractivity contribution in [1.82, 2.24) is 4.90 Å². The topological polar surface area (TPSA) is 57.6 Å². The molecule has 1 heterocycles. The fourth-order valence-corrected chi connectivity index (χ4v) is 3.39. The maximum atomic E-state index is 13.5. The van der Waals surface area contributed by atoms with Gasteiger partial charge >= 0.3 is 5.97 Å². The van der Waals surface area contributed by atoms with Gasteiger partial charge in [0, 0.05) is 13.0 Å². The molecular formula is C14H11BrFNO3S2. The van der Waals surface area contributed by atoms with Crippen molar-refractivity contribution >= 4 is 62.2 Å². The number of thiocarbonyl (C=S) groups is 1. The summed E-state index contributed by atoms with van der Waals surface area (Å²) >= 11 is 9.34. The Morgan fingerprint density at radius 3 is 2.86 bits per heavy atom. The fourth-order valence-electron chi connectivity index (χ4n) is 1.83. The Morgan fingerprint density at radius 1 is 1.50 bits per heavy atom. The van der Waals surface area contributed by atoms with E-state index in [1.54, 1.807) is 18.2 Å². The summed E-state index contributed by atoms with van der Waals surface area (Å²) in [5.74, 6) is -1.60. The molecule has 0 atom stereocenters. The van der Waals surface area contributed by atoms with Crippen LogP contribution in [0, 0.1) is 5.82 Å². The number of nitrogens with zero attached hydrogens (tertiary/aromatic N) is 1. The highest BCUT2D eigenvalue weighted by molar-refractivity contribution is 9.10. The molecule has 22 heavy (non-hydrogen) atoms. The molecule has 4 nitrogen and oxygen atoms in total. The van der Waals surface area contributed by atoms with Crippen molar-refractivity contribution in [3.63, 3.8) is 0 Å². The molecule has 1 saturated heterocycles. The highest BCUT2D eigenvalue weighted by Gasteiger charge is 2.31. The van der Waals surface area contributed by atoms with Crippen LogP contribution in [0.25, 0.3) is 6.08 Å². The van der Waals surface area contributed by atoms with Crippen LogP contribution in [0.2, 0.25) is 0 Å². The zero-order chi connectivity index (χ0) is 16.3. The summed E-state index contributed by atoms with van der Waals surface area (Å²) in [6, 6.07) is 4.57. The van der Waals surface area contributed by atoms with Crippen LogP contribution in [0.5, 0.6) is 0 Å². The van der Waals surface area contributed by atoms with E-state index in [0.29, 0.717) is 25.7 Å². The van der Waals surface area contributed by atoms with Gasteiger partial charge in [0.15, 0.2) is 0 Å². The lowest BCUT2D eigenvalue weighted by atomic mass is 10.2. The standard InChI is InChI=1S/C14H11BrFNO3S2/c15-9-4-3-8(6-10(9)16)7-11-13(20)17(14(21)22-11)5-1-2-12(18)19/h3-4,6-7H,1-2,5H2,(H,18,19). The first-order chi connectivity index (χ1) is 10.4. The lowest BCUT2D eigenvalue weighted by Gasteiger charge is -2.13. The molecule has 0 bridgehead atoms. The van der Waals surface area contributed by atoms with Crippen molar-refractivity contribution in [3.05, 3.63) is 39.0 Å². The molecule has 1 aliphatic rings. The number of halogens is 2. The summed E-state index contributed by atoms with van der Waals surface area (Å²) in [6.45, 7) is 0.267. The number of hydrogen-bond acceptors (Lipinski definition) is 4. The molecule has 116 valence electrons. The van der Waals surface area contributed by atoms with E-state index in [1.807, 2.05) is 0 Å². The van der Waals surface area contributed by atoms with Gasteiger partial charge in [0.05, 0.1) is 9.38 Å². The molecule has 1 N–H and O–H groups in total. The first-order valence-corrected chi connectivity index (χ1v) is 8.32. The maximum absolute atomic E-state index is 13.5. The number of carboxylic acids is 1. The van der Waals surface area contributed by atoms with E-state index in [-0.39, 0.29) is 18.9 Å². The summed E-state index contributed by atoms with van der Waals surface area (Å²) in [6.07, 6.45) is 1.89. The number of rotatable bonds is 5. The predicted molar refractivity (Wildman–Crippen MR) is 90.8 cm³/mol. The van der Waals surface area contributed by atoms with Gasteiger partial charge in [-0.3, -0.25) is 14.5 Å². The van der Waals surface area contributed by atoms with Crippen molar-refractivity contribution in [2.45, 2.75) is 12.8 Å². The minimum atomic E-state index is -0.911. The normalized spacial score (nSPS) is 16.6. The van der Waals surface area contributed by atoms with Gasteiger partial charge in [-0.1, -0.05) is 30.0 Å². The molecule has 1 aromatic rings. The Hall–Kier alpha value is -1.25. The van der Waals surface area contributed by atoms with E-state index in [0.717, 1.165) is 11.8 Å². The molecule has 2 rings (SSSR count). The average Bonchev–Trinajstić information content (AvgIpc) is 2.70. The highest BCUT2D eigenvalue weighted by atomic mass is 79.9. The molecule has 0 unspecified atom stereocenters. The van der Waals surface area contributed by atoms with E-state index in [1.165, 1.54) is 11.0 Å². The Morgan fingerprint density at radius 2 is 2.23 bits per heavy atom. The Kier molecular flexibility index (Phi) is 5.71. The van der Waals surface area contributed by atoms with Crippen LogP contribution in [-0.4, -0.2) is 32.7 Å². The number of carbonyl (C=O) groups excluding carboxylic acids is 1. The van der Waals surface area contributed by atoms with Gasteiger partial charge in [-0.2, -0.15) is 0 Å². The van der Waals surface area contributed by atoms with Crippen LogP contribution < -0.4 is 0 Å². The molecule has 0 radical (unpaired) electrons. The van der Waals surface area contributed by atoms with Gasteiger partial charge in [-0.15, -0.1) is 0 Å². The Balaban J connectivity index is 2.11. The zero-order valence-electron chi connectivity index (χ0n) is 11.2. The van der Waals surface area contributed by atoms with Gasteiger partial charge in [-0.05, 0) is 46.1 Å². The fraction of sp³-hybridized carbons (Fsp3) is 0.214. The molecule has 0 aromatic heterocycles. The first kappa shape index (κ1) is 17.1. The van der Waals surface area contributed by atoms with Gasteiger partial charge in [0.25, 0.3) is 5.91 Å². The number of thioether (sulfide) groups is 1. The van der Waals surface area contributed by atoms with Crippen molar-refractivity contribution in [1.29, 1.82) is 0 Å². The lowest BCUT2D eigenvalue weighted by molar-refractivity contribution is -0.137. The zero-order valence-corrected chi connectivity index (χ0v) is 14.4. The molecule has 1 aromatic carbocycles. The van der Waals surface area contributed by atoms with Crippen LogP contribution in [0.4, 0.5) is 4.39 Å². The van der Waals surface area contributed by atoms with Gasteiger partial charge in [0.1, 0.15) is 10.1 Å². The second-order valence-corrected chi connectivity index (χ2v) is 7.03. The molecule has 0 saturated carbocycles. The molecule has 8 heteroatoms. The third kappa shape index (κ3) is 4.15. The van der Waals surface area contributed by atoms with E-state index < -0.39 is 11.8 Å². The van der Waals surface area contributed by atoms with Crippen LogP contribution >= 0.6 is 39.9 Å². The molecule has 0 aliphatic carbocycles. The van der Waals surface area contributed by atoms with Gasteiger partial charge in [0.2, 0.25) is 0 Å². The molecular weight excluding hydrogens is 393 g/mol. The number of benzene rings is 1. The Bertz CT molecular complexity index is 678. The molecule has 0 spiro atoms. The number of amides is 1. The monoisotopic (exact) mass is 403 g/mol. The lowest BCUT2D eigenvalue weighted by Crippen LogP contribution is -2.29. The largest absolute Gasteiger partial charge is 0.481 e. The Labute approximate surface area is 144 Å². The van der Waals surface area contributed by atoms with Crippen molar-refractivity contribution in [2.24, 2.45) is 0 Å². The predicted octanol–water partition coefficient (Wildman–Crippen LogP) is 3.65. The van der Waals surface area contributed by atoms with E-state index in [9.17, 15) is 14.0 Å². The minimum Gasteiger partial charge on any atom is -0.481 e. The van der Waals surface area contributed by atoms with Gasteiger partial charge in [-0.25, -0.2) is 4.39 Å². The summed E-state index contributed by atoms with van der Waals surface area (Å²) < 4.78 is 14.2. The van der Waals surface area contributed by atoms with E-state index in [4.69, 9.17) is 17.3 Å². The third-order valence-electron chi connectivity index (χ3n) is 2.89. The third-order valence-corrected chi connectivity index (χ3v) is 4.91. The smallest absolute Gasteiger partial charge is 0.303 e. The summed E-state index contributed by atoms with van der Waals surface area (Å²) in [5.41, 5.74) is 0.562. The van der Waals surface area contributed by atoms with Crippen LogP contribution in [0.15, 0.2) is 27.6 Å². The van der Waals surface area contributed by atoms with Crippen molar-refractivity contribution in [3.8, 4) is 0 Å². The second-order valence-electron chi connectivity index (χ2n) is 4.50. The van der Waals surface area contributed by atoms with Gasteiger partial charge < -0.3 is 5.11 Å². The van der Waals surface area contributed by atoms with E-state index in [2.05, 4.69) is 15.9 Å². The number of carboxylic acid groups (broad SMARTS) is 1. The van der Waals surface area contributed by atoms with Crippen molar-refractivity contribution in [2.75, 3.05) is 6.54 Å². The second kappa shape index (κ2) is 7.34. The van der Waals surface area contributed by atoms with E-state index >= 15 is 0 Å². The highest BCUT2D eigenvalue weighted by Crippen LogP contribution is 2.33. The van der Waals surface area contributed by atoms with Crippen LogP contribution in [-0.2, 0) is 9.59 Å². The summed E-state index contributed by atoms with van der Waals surface area (Å²) in [4.78, 5) is 24.5.